The van der Waals surface area contributed by atoms with Crippen molar-refractivity contribution in [2.75, 3.05) is 0 Å². The lowest BCUT2D eigenvalue weighted by molar-refractivity contribution is 0.892. The average Bonchev–Trinajstić information content (AvgIpc) is 2.77. The minimum Gasteiger partial charge on any atom is -0.228 e. The van der Waals surface area contributed by atoms with Gasteiger partial charge in [0.15, 0.2) is 5.82 Å². The van der Waals surface area contributed by atoms with Crippen LogP contribution < -0.4 is 0 Å². The second kappa shape index (κ2) is 6.40. The van der Waals surface area contributed by atoms with Gasteiger partial charge in [-0.1, -0.05) is 90.5 Å². The van der Waals surface area contributed by atoms with Gasteiger partial charge in [0.2, 0.25) is 0 Å². The van der Waals surface area contributed by atoms with Gasteiger partial charge in [0, 0.05) is 23.1 Å². The zero-order chi connectivity index (χ0) is 19.4. The van der Waals surface area contributed by atoms with E-state index >= 15 is 0 Å². The van der Waals surface area contributed by atoms with Crippen molar-refractivity contribution in [3.63, 3.8) is 0 Å². The van der Waals surface area contributed by atoms with E-state index in [2.05, 4.69) is 53.6 Å². The molecular formula is C26H17ClN2. The molecule has 0 saturated heterocycles. The van der Waals surface area contributed by atoms with E-state index in [1.54, 1.807) is 0 Å². The van der Waals surface area contributed by atoms with Crippen LogP contribution in [0.3, 0.4) is 0 Å². The maximum atomic E-state index is 6.41. The summed E-state index contributed by atoms with van der Waals surface area (Å²) in [7, 11) is 0. The lowest BCUT2D eigenvalue weighted by Crippen LogP contribution is -2.18. The molecule has 29 heavy (non-hydrogen) atoms. The number of hydrogen-bond acceptors (Lipinski definition) is 2. The van der Waals surface area contributed by atoms with Crippen molar-refractivity contribution in [3.05, 3.63) is 112 Å². The Kier molecular flexibility index (Phi) is 3.68. The molecule has 0 saturated carbocycles. The molecular weight excluding hydrogens is 376 g/mol. The minimum absolute atomic E-state index is 0.316. The average molecular weight is 393 g/mol. The van der Waals surface area contributed by atoms with Crippen LogP contribution in [0.2, 0.25) is 5.15 Å². The molecule has 0 radical (unpaired) electrons. The molecule has 1 heterocycles. The molecule has 0 spiro atoms. The zero-order valence-corrected chi connectivity index (χ0v) is 16.4. The maximum absolute atomic E-state index is 6.41. The molecule has 0 fully saturated rings. The largest absolute Gasteiger partial charge is 0.228 e. The zero-order valence-electron chi connectivity index (χ0n) is 15.6. The van der Waals surface area contributed by atoms with Gasteiger partial charge in [0.1, 0.15) is 5.15 Å². The minimum atomic E-state index is 0.316. The standard InChI is InChI=1S/C26H17ClN2/c27-23-15-22(16-5-2-1-3-6-16)28-26(29-23)21-14-12-19-10-9-17-7-4-8-18-11-13-20(21)25(19)24(17)18/h1-9,11-15,24H,10H2. The fraction of sp³-hybridized carbons (Fsp3) is 0.0769. The predicted molar refractivity (Wildman–Crippen MR) is 119 cm³/mol. The van der Waals surface area contributed by atoms with Gasteiger partial charge in [0.25, 0.3) is 0 Å². The molecule has 2 aromatic carbocycles. The Morgan fingerprint density at radius 2 is 1.79 bits per heavy atom. The van der Waals surface area contributed by atoms with E-state index in [1.165, 1.54) is 27.8 Å². The third-order valence-corrected chi connectivity index (χ3v) is 6.11. The molecule has 3 aromatic rings. The molecule has 0 amide bonds. The van der Waals surface area contributed by atoms with E-state index in [4.69, 9.17) is 16.6 Å². The fourth-order valence-electron chi connectivity index (χ4n) is 4.60. The van der Waals surface area contributed by atoms with Crippen molar-refractivity contribution in [1.82, 2.24) is 9.97 Å². The van der Waals surface area contributed by atoms with Crippen LogP contribution in [0.1, 0.15) is 22.6 Å². The number of benzene rings is 2. The van der Waals surface area contributed by atoms with Crippen molar-refractivity contribution < 1.29 is 0 Å². The molecule has 1 aromatic heterocycles. The van der Waals surface area contributed by atoms with E-state index in [9.17, 15) is 0 Å². The van der Waals surface area contributed by atoms with E-state index < -0.39 is 0 Å². The first-order valence-corrected chi connectivity index (χ1v) is 10.2. The predicted octanol–water partition coefficient (Wildman–Crippen LogP) is 6.55. The summed E-state index contributed by atoms with van der Waals surface area (Å²) in [5.74, 6) is 0.991. The monoisotopic (exact) mass is 392 g/mol. The first-order valence-electron chi connectivity index (χ1n) is 9.80. The van der Waals surface area contributed by atoms with Crippen molar-refractivity contribution in [2.24, 2.45) is 0 Å². The highest BCUT2D eigenvalue weighted by Crippen LogP contribution is 2.48. The Labute approximate surface area is 174 Å². The Morgan fingerprint density at radius 3 is 2.69 bits per heavy atom. The molecule has 3 aliphatic rings. The van der Waals surface area contributed by atoms with Gasteiger partial charge in [-0.05, 0) is 34.3 Å². The first kappa shape index (κ1) is 16.7. The third kappa shape index (κ3) is 2.64. The van der Waals surface area contributed by atoms with Crippen molar-refractivity contribution >= 4 is 17.7 Å². The Hall–Kier alpha value is -3.23. The van der Waals surface area contributed by atoms with Crippen LogP contribution in [-0.4, -0.2) is 9.97 Å². The highest BCUT2D eigenvalue weighted by molar-refractivity contribution is 6.29. The van der Waals surface area contributed by atoms with Gasteiger partial charge >= 0.3 is 0 Å². The highest BCUT2D eigenvalue weighted by Gasteiger charge is 2.31. The van der Waals surface area contributed by atoms with Crippen LogP contribution in [0.4, 0.5) is 0 Å². The van der Waals surface area contributed by atoms with E-state index in [0.717, 1.165) is 23.2 Å². The van der Waals surface area contributed by atoms with Crippen LogP contribution in [0.5, 0.6) is 0 Å². The van der Waals surface area contributed by atoms with Crippen molar-refractivity contribution in [3.8, 4) is 22.6 Å². The molecule has 0 N–H and O–H groups in total. The number of halogens is 1. The summed E-state index contributed by atoms with van der Waals surface area (Å²) in [5, 5.41) is 0.459. The normalized spacial score (nSPS) is 18.2. The van der Waals surface area contributed by atoms with Crippen LogP contribution in [0.15, 0.2) is 90.1 Å². The fourth-order valence-corrected chi connectivity index (χ4v) is 4.79. The van der Waals surface area contributed by atoms with E-state index in [-0.39, 0.29) is 0 Å². The Morgan fingerprint density at radius 1 is 0.897 bits per heavy atom. The second-order valence-electron chi connectivity index (χ2n) is 7.57. The molecule has 3 aliphatic carbocycles. The van der Waals surface area contributed by atoms with Crippen LogP contribution >= 0.6 is 11.6 Å². The topological polar surface area (TPSA) is 25.8 Å². The maximum Gasteiger partial charge on any atom is 0.162 e. The lowest BCUT2D eigenvalue weighted by Gasteiger charge is -2.33. The summed E-state index contributed by atoms with van der Waals surface area (Å²) in [4.78, 5) is 9.47. The van der Waals surface area contributed by atoms with Gasteiger partial charge in [-0.15, -0.1) is 0 Å². The van der Waals surface area contributed by atoms with Gasteiger partial charge in [-0.25, -0.2) is 9.97 Å². The number of aromatic nitrogens is 2. The summed E-state index contributed by atoms with van der Waals surface area (Å²) in [6.07, 6.45) is 14.3. The Bertz CT molecular complexity index is 1280. The van der Waals surface area contributed by atoms with E-state index in [1.807, 2.05) is 36.4 Å². The summed E-state index contributed by atoms with van der Waals surface area (Å²) in [6, 6.07) is 16.3. The van der Waals surface area contributed by atoms with Crippen molar-refractivity contribution in [1.29, 1.82) is 0 Å². The van der Waals surface area contributed by atoms with Crippen LogP contribution in [0, 0.1) is 0 Å². The second-order valence-corrected chi connectivity index (χ2v) is 7.95. The van der Waals surface area contributed by atoms with Gasteiger partial charge in [0.05, 0.1) is 5.69 Å². The van der Waals surface area contributed by atoms with Gasteiger partial charge < -0.3 is 0 Å². The van der Waals surface area contributed by atoms with E-state index in [0.29, 0.717) is 16.9 Å². The molecule has 138 valence electrons. The Balaban J connectivity index is 1.56. The highest BCUT2D eigenvalue weighted by atomic mass is 35.5. The molecule has 1 unspecified atom stereocenters. The molecule has 2 nitrogen and oxygen atoms in total. The SMILES string of the molecule is Clc1cc(-c2ccccc2)nc(-c2ccc3c4c2C=CC2=CC=CC(=CC3)C24)n1. The number of nitrogens with zero attached hydrogens (tertiary/aromatic N) is 2. The smallest absolute Gasteiger partial charge is 0.162 e. The number of rotatable bonds is 2. The van der Waals surface area contributed by atoms with Gasteiger partial charge in [-0.2, -0.15) is 0 Å². The molecule has 3 heteroatoms. The molecule has 0 bridgehead atoms. The van der Waals surface area contributed by atoms with Crippen LogP contribution in [0.25, 0.3) is 28.7 Å². The number of hydrogen-bond donors (Lipinski definition) is 0. The quantitative estimate of drug-likeness (QED) is 0.462. The van der Waals surface area contributed by atoms with Crippen molar-refractivity contribution in [2.45, 2.75) is 12.3 Å². The lowest BCUT2D eigenvalue weighted by atomic mass is 9.70. The number of allylic oxidation sites excluding steroid dienone is 7. The summed E-state index contributed by atoms with van der Waals surface area (Å²) in [6.45, 7) is 0. The first-order chi connectivity index (χ1) is 14.3. The third-order valence-electron chi connectivity index (χ3n) is 5.92. The molecule has 1 atom stereocenters. The molecule has 0 aliphatic heterocycles. The van der Waals surface area contributed by atoms with Gasteiger partial charge in [-0.3, -0.25) is 0 Å². The van der Waals surface area contributed by atoms with Crippen LogP contribution in [-0.2, 0) is 6.42 Å². The summed E-state index contributed by atoms with van der Waals surface area (Å²) in [5.41, 5.74) is 9.63. The molecule has 6 rings (SSSR count). The summed E-state index contributed by atoms with van der Waals surface area (Å²) >= 11 is 6.41. The summed E-state index contributed by atoms with van der Waals surface area (Å²) < 4.78 is 0.